The van der Waals surface area contributed by atoms with Crippen molar-refractivity contribution in [3.8, 4) is 12.0 Å². The van der Waals surface area contributed by atoms with Crippen LogP contribution in [0.15, 0.2) is 18.5 Å². The minimum absolute atomic E-state index is 0.0164. The molecule has 0 atom stereocenters. The van der Waals surface area contributed by atoms with Crippen LogP contribution in [0.2, 0.25) is 0 Å². The Labute approximate surface area is 133 Å². The van der Waals surface area contributed by atoms with Crippen LogP contribution in [0.1, 0.15) is 6.92 Å². The predicted molar refractivity (Wildman–Crippen MR) is 81.9 cm³/mol. The highest BCUT2D eigenvalue weighted by molar-refractivity contribution is 5.36. The summed E-state index contributed by atoms with van der Waals surface area (Å²) in [4.78, 5) is 15.5. The van der Waals surface area contributed by atoms with Crippen molar-refractivity contribution in [1.82, 2.24) is 30.0 Å². The smallest absolute Gasteiger partial charge is 0.323 e. The van der Waals surface area contributed by atoms with Crippen LogP contribution in [0.4, 0.5) is 5.95 Å². The van der Waals surface area contributed by atoms with E-state index in [2.05, 4.69) is 30.3 Å². The number of anilines is 1. The fourth-order valence-corrected chi connectivity index (χ4v) is 2.83. The topological polar surface area (TPSA) is 90.2 Å². The third-order valence-electron chi connectivity index (χ3n) is 3.99. The summed E-state index contributed by atoms with van der Waals surface area (Å²) in [7, 11) is 0. The Morgan fingerprint density at radius 1 is 1.30 bits per heavy atom. The summed E-state index contributed by atoms with van der Waals surface area (Å²) in [5.74, 6) is 1.07. The molecule has 2 saturated heterocycles. The fraction of sp³-hybridized carbons (Fsp3) is 0.571. The molecule has 0 aliphatic carbocycles. The highest BCUT2D eigenvalue weighted by Gasteiger charge is 2.42. The monoisotopic (exact) mass is 317 g/mol. The van der Waals surface area contributed by atoms with Crippen molar-refractivity contribution in [2.24, 2.45) is 0 Å². The van der Waals surface area contributed by atoms with Crippen molar-refractivity contribution < 1.29 is 9.47 Å². The SMILES string of the molecule is CCOc1nc(N2CCNC3(COC3)C2)nc(-n2cccn2)n1. The van der Waals surface area contributed by atoms with Gasteiger partial charge < -0.3 is 19.7 Å². The molecule has 0 aromatic carbocycles. The number of piperazine rings is 1. The molecule has 9 nitrogen and oxygen atoms in total. The summed E-state index contributed by atoms with van der Waals surface area (Å²) in [6, 6.07) is 2.15. The van der Waals surface area contributed by atoms with Gasteiger partial charge in [-0.05, 0) is 13.0 Å². The van der Waals surface area contributed by atoms with Crippen LogP contribution < -0.4 is 15.0 Å². The van der Waals surface area contributed by atoms with E-state index in [4.69, 9.17) is 9.47 Å². The van der Waals surface area contributed by atoms with Gasteiger partial charge in [-0.25, -0.2) is 4.68 Å². The molecule has 1 N–H and O–H groups in total. The van der Waals surface area contributed by atoms with E-state index in [0.29, 0.717) is 24.5 Å². The van der Waals surface area contributed by atoms with Gasteiger partial charge in [-0.1, -0.05) is 0 Å². The maximum absolute atomic E-state index is 5.50. The van der Waals surface area contributed by atoms with Crippen molar-refractivity contribution >= 4 is 5.95 Å². The van der Waals surface area contributed by atoms with E-state index in [1.54, 1.807) is 17.1 Å². The molecule has 0 unspecified atom stereocenters. The minimum Gasteiger partial charge on any atom is -0.464 e. The van der Waals surface area contributed by atoms with E-state index < -0.39 is 0 Å². The van der Waals surface area contributed by atoms with Crippen LogP contribution in [0.5, 0.6) is 6.01 Å². The first-order valence-electron chi connectivity index (χ1n) is 7.75. The summed E-state index contributed by atoms with van der Waals surface area (Å²) in [6.07, 6.45) is 3.49. The summed E-state index contributed by atoms with van der Waals surface area (Å²) < 4.78 is 12.5. The molecule has 0 saturated carbocycles. The zero-order valence-electron chi connectivity index (χ0n) is 13.0. The molecular formula is C14H19N7O2. The highest BCUT2D eigenvalue weighted by Crippen LogP contribution is 2.24. The molecule has 2 aliphatic rings. The number of nitrogens with one attached hydrogen (secondary N) is 1. The van der Waals surface area contributed by atoms with Gasteiger partial charge in [0.15, 0.2) is 0 Å². The van der Waals surface area contributed by atoms with Crippen LogP contribution in [0.3, 0.4) is 0 Å². The number of ether oxygens (including phenoxy) is 2. The molecule has 0 amide bonds. The van der Waals surface area contributed by atoms with Gasteiger partial charge in [0.05, 0.1) is 25.4 Å². The van der Waals surface area contributed by atoms with Crippen LogP contribution in [-0.4, -0.2) is 69.7 Å². The number of rotatable bonds is 4. The highest BCUT2D eigenvalue weighted by atomic mass is 16.5. The average Bonchev–Trinajstić information content (AvgIpc) is 3.08. The molecule has 4 rings (SSSR count). The van der Waals surface area contributed by atoms with Gasteiger partial charge >= 0.3 is 6.01 Å². The molecular weight excluding hydrogens is 298 g/mol. The van der Waals surface area contributed by atoms with Crippen molar-refractivity contribution in [2.45, 2.75) is 12.5 Å². The number of hydrogen-bond donors (Lipinski definition) is 1. The Bertz CT molecular complexity index is 672. The van der Waals surface area contributed by atoms with Gasteiger partial charge in [0.25, 0.3) is 5.95 Å². The molecule has 2 fully saturated rings. The van der Waals surface area contributed by atoms with Gasteiger partial charge in [0.1, 0.15) is 0 Å². The molecule has 122 valence electrons. The van der Waals surface area contributed by atoms with Crippen molar-refractivity contribution in [2.75, 3.05) is 44.4 Å². The van der Waals surface area contributed by atoms with Crippen molar-refractivity contribution in [3.63, 3.8) is 0 Å². The molecule has 2 aromatic heterocycles. The number of nitrogens with zero attached hydrogens (tertiary/aromatic N) is 6. The fourth-order valence-electron chi connectivity index (χ4n) is 2.83. The van der Waals surface area contributed by atoms with Gasteiger partial charge in [-0.2, -0.15) is 20.1 Å². The van der Waals surface area contributed by atoms with E-state index in [9.17, 15) is 0 Å². The molecule has 0 radical (unpaired) electrons. The third kappa shape index (κ3) is 2.73. The van der Waals surface area contributed by atoms with Crippen LogP contribution in [0.25, 0.3) is 5.95 Å². The molecule has 0 bridgehead atoms. The Hall–Kier alpha value is -2.26. The first-order chi connectivity index (χ1) is 11.3. The number of hydrogen-bond acceptors (Lipinski definition) is 8. The van der Waals surface area contributed by atoms with Crippen LogP contribution in [0, 0.1) is 0 Å². The first-order valence-corrected chi connectivity index (χ1v) is 7.75. The van der Waals surface area contributed by atoms with E-state index in [0.717, 1.165) is 32.8 Å². The maximum atomic E-state index is 5.50. The van der Waals surface area contributed by atoms with Crippen molar-refractivity contribution in [1.29, 1.82) is 0 Å². The van der Waals surface area contributed by atoms with Gasteiger partial charge in [0, 0.05) is 32.0 Å². The van der Waals surface area contributed by atoms with Gasteiger partial charge in [0.2, 0.25) is 5.95 Å². The van der Waals surface area contributed by atoms with E-state index in [1.165, 1.54) is 0 Å². The second-order valence-corrected chi connectivity index (χ2v) is 5.72. The van der Waals surface area contributed by atoms with Crippen LogP contribution in [-0.2, 0) is 4.74 Å². The summed E-state index contributed by atoms with van der Waals surface area (Å²) >= 11 is 0. The van der Waals surface area contributed by atoms with E-state index >= 15 is 0 Å². The summed E-state index contributed by atoms with van der Waals surface area (Å²) in [5.41, 5.74) is 0.0164. The molecule has 9 heteroatoms. The predicted octanol–water partition coefficient (Wildman–Crippen LogP) is -0.365. The van der Waals surface area contributed by atoms with E-state index in [1.807, 2.05) is 13.0 Å². The Kier molecular flexibility index (Phi) is 3.58. The zero-order valence-corrected chi connectivity index (χ0v) is 13.0. The summed E-state index contributed by atoms with van der Waals surface area (Å²) in [6.45, 7) is 6.36. The lowest BCUT2D eigenvalue weighted by Gasteiger charge is -2.48. The first kappa shape index (κ1) is 14.3. The lowest BCUT2D eigenvalue weighted by molar-refractivity contribution is -0.0744. The standard InChI is InChI=1S/C14H19N7O2/c1-2-23-13-18-11(17-12(19-13)21-6-3-4-16-21)20-7-5-15-14(8-20)9-22-10-14/h3-4,6,15H,2,5,7-10H2,1H3. The average molecular weight is 317 g/mol. The normalized spacial score (nSPS) is 19.6. The van der Waals surface area contributed by atoms with Gasteiger partial charge in [-0.3, -0.25) is 0 Å². The minimum atomic E-state index is 0.0164. The molecule has 2 aromatic rings. The van der Waals surface area contributed by atoms with E-state index in [-0.39, 0.29) is 5.54 Å². The second-order valence-electron chi connectivity index (χ2n) is 5.72. The quantitative estimate of drug-likeness (QED) is 0.817. The summed E-state index contributed by atoms with van der Waals surface area (Å²) in [5, 5.41) is 7.71. The molecule has 4 heterocycles. The van der Waals surface area contributed by atoms with Gasteiger partial charge in [-0.15, -0.1) is 0 Å². The zero-order chi connectivity index (χ0) is 15.7. The van der Waals surface area contributed by atoms with Crippen LogP contribution >= 0.6 is 0 Å². The van der Waals surface area contributed by atoms with Crippen molar-refractivity contribution in [3.05, 3.63) is 18.5 Å². The Balaban J connectivity index is 1.66. The Morgan fingerprint density at radius 2 is 2.17 bits per heavy atom. The third-order valence-corrected chi connectivity index (χ3v) is 3.99. The number of aromatic nitrogens is 5. The lowest BCUT2D eigenvalue weighted by atomic mass is 9.95. The second kappa shape index (κ2) is 5.74. The molecule has 23 heavy (non-hydrogen) atoms. The Morgan fingerprint density at radius 3 is 2.87 bits per heavy atom. The largest absolute Gasteiger partial charge is 0.464 e. The molecule has 2 aliphatic heterocycles. The molecule has 1 spiro atoms. The maximum Gasteiger partial charge on any atom is 0.323 e. The lowest BCUT2D eigenvalue weighted by Crippen LogP contribution is -2.70.